The molecule has 0 aliphatic carbocycles. The van der Waals surface area contributed by atoms with E-state index in [0.29, 0.717) is 0 Å². The normalized spacial score (nSPS) is 14.1. The van der Waals surface area contributed by atoms with Crippen molar-refractivity contribution in [3.05, 3.63) is 53.1 Å². The SMILES string of the molecule is Cc1cncn1Cc1ccc2c(c1)CNC2. The monoisotopic (exact) mass is 213 g/mol. The number of rotatable bonds is 2. The lowest BCUT2D eigenvalue weighted by molar-refractivity contribution is 0.760. The molecule has 0 spiro atoms. The minimum Gasteiger partial charge on any atom is -0.330 e. The highest BCUT2D eigenvalue weighted by molar-refractivity contribution is 5.34. The Hall–Kier alpha value is -1.61. The fourth-order valence-corrected chi connectivity index (χ4v) is 2.20. The quantitative estimate of drug-likeness (QED) is 0.825. The molecule has 3 heteroatoms. The minimum atomic E-state index is 0.916. The summed E-state index contributed by atoms with van der Waals surface area (Å²) < 4.78 is 2.17. The zero-order valence-corrected chi connectivity index (χ0v) is 9.40. The molecule has 0 amide bonds. The van der Waals surface area contributed by atoms with Gasteiger partial charge in [0.2, 0.25) is 0 Å². The van der Waals surface area contributed by atoms with E-state index in [1.54, 1.807) is 0 Å². The summed E-state index contributed by atoms with van der Waals surface area (Å²) in [5, 5.41) is 3.37. The van der Waals surface area contributed by atoms with Crippen molar-refractivity contribution >= 4 is 0 Å². The summed E-state index contributed by atoms with van der Waals surface area (Å²) in [6, 6.07) is 6.75. The van der Waals surface area contributed by atoms with Gasteiger partial charge in [-0.1, -0.05) is 18.2 Å². The Labute approximate surface area is 95.1 Å². The molecule has 2 heterocycles. The molecule has 1 aliphatic rings. The van der Waals surface area contributed by atoms with Gasteiger partial charge >= 0.3 is 0 Å². The fourth-order valence-electron chi connectivity index (χ4n) is 2.20. The van der Waals surface area contributed by atoms with Crippen LogP contribution in [-0.2, 0) is 19.6 Å². The van der Waals surface area contributed by atoms with Gasteiger partial charge in [0.25, 0.3) is 0 Å². The molecule has 3 nitrogen and oxygen atoms in total. The number of aromatic nitrogens is 2. The van der Waals surface area contributed by atoms with E-state index in [2.05, 4.69) is 40.0 Å². The van der Waals surface area contributed by atoms with Crippen molar-refractivity contribution in [2.24, 2.45) is 0 Å². The Kier molecular flexibility index (Phi) is 2.26. The van der Waals surface area contributed by atoms with E-state index < -0.39 is 0 Å². The van der Waals surface area contributed by atoms with Gasteiger partial charge in [-0.05, 0) is 23.6 Å². The maximum atomic E-state index is 4.14. The topological polar surface area (TPSA) is 29.9 Å². The number of fused-ring (bicyclic) bond motifs is 1. The first kappa shape index (κ1) is 9.60. The second-order valence-electron chi connectivity index (χ2n) is 4.37. The second-order valence-corrected chi connectivity index (χ2v) is 4.37. The summed E-state index contributed by atoms with van der Waals surface area (Å²) in [7, 11) is 0. The molecule has 16 heavy (non-hydrogen) atoms. The van der Waals surface area contributed by atoms with Crippen molar-refractivity contribution in [2.45, 2.75) is 26.6 Å². The van der Waals surface area contributed by atoms with Gasteiger partial charge in [0.1, 0.15) is 0 Å². The molecule has 2 aromatic rings. The van der Waals surface area contributed by atoms with Crippen LogP contribution >= 0.6 is 0 Å². The molecule has 3 rings (SSSR count). The summed E-state index contributed by atoms with van der Waals surface area (Å²) in [6.07, 6.45) is 3.79. The second kappa shape index (κ2) is 3.76. The third kappa shape index (κ3) is 1.63. The number of benzene rings is 1. The molecule has 0 radical (unpaired) electrons. The van der Waals surface area contributed by atoms with Gasteiger partial charge in [-0.15, -0.1) is 0 Å². The van der Waals surface area contributed by atoms with Crippen molar-refractivity contribution in [1.82, 2.24) is 14.9 Å². The standard InChI is InChI=1S/C13H15N3/c1-10-5-15-9-16(10)8-11-2-3-12-6-14-7-13(12)4-11/h2-5,9,14H,6-8H2,1H3. The van der Waals surface area contributed by atoms with Crippen molar-refractivity contribution in [1.29, 1.82) is 0 Å². The Morgan fingerprint density at radius 1 is 1.31 bits per heavy atom. The summed E-state index contributed by atoms with van der Waals surface area (Å²) in [5.74, 6) is 0. The minimum absolute atomic E-state index is 0.916. The molecule has 82 valence electrons. The molecular weight excluding hydrogens is 198 g/mol. The smallest absolute Gasteiger partial charge is 0.0951 e. The average Bonchev–Trinajstić information content (AvgIpc) is 2.88. The zero-order valence-electron chi connectivity index (χ0n) is 9.40. The van der Waals surface area contributed by atoms with Crippen molar-refractivity contribution in [2.75, 3.05) is 0 Å². The van der Waals surface area contributed by atoms with E-state index >= 15 is 0 Å². The largest absolute Gasteiger partial charge is 0.330 e. The van der Waals surface area contributed by atoms with E-state index in [-0.39, 0.29) is 0 Å². The van der Waals surface area contributed by atoms with Crippen LogP contribution in [0.3, 0.4) is 0 Å². The van der Waals surface area contributed by atoms with Crippen LogP contribution in [0.2, 0.25) is 0 Å². The van der Waals surface area contributed by atoms with E-state index in [4.69, 9.17) is 0 Å². The molecule has 0 fully saturated rings. The summed E-state index contributed by atoms with van der Waals surface area (Å²) in [4.78, 5) is 4.14. The first-order valence-corrected chi connectivity index (χ1v) is 5.61. The summed E-state index contributed by atoms with van der Waals surface area (Å²) in [5.41, 5.74) is 5.43. The Morgan fingerprint density at radius 2 is 2.19 bits per heavy atom. The molecule has 1 aliphatic heterocycles. The van der Waals surface area contributed by atoms with Crippen molar-refractivity contribution in [3.63, 3.8) is 0 Å². The first-order valence-electron chi connectivity index (χ1n) is 5.61. The molecule has 0 unspecified atom stereocenters. The highest BCUT2D eigenvalue weighted by Gasteiger charge is 2.10. The van der Waals surface area contributed by atoms with Gasteiger partial charge in [-0.2, -0.15) is 0 Å². The molecule has 1 aromatic carbocycles. The number of imidazole rings is 1. The first-order chi connectivity index (χ1) is 7.83. The molecule has 0 atom stereocenters. The maximum absolute atomic E-state index is 4.14. The molecule has 0 bridgehead atoms. The lowest BCUT2D eigenvalue weighted by Gasteiger charge is -2.07. The number of aryl methyl sites for hydroxylation is 1. The predicted molar refractivity (Wildman–Crippen MR) is 63.1 cm³/mol. The summed E-state index contributed by atoms with van der Waals surface area (Å²) >= 11 is 0. The maximum Gasteiger partial charge on any atom is 0.0951 e. The summed E-state index contributed by atoms with van der Waals surface area (Å²) in [6.45, 7) is 5.02. The van der Waals surface area contributed by atoms with Gasteiger partial charge in [0, 0.05) is 31.5 Å². The third-order valence-electron chi connectivity index (χ3n) is 3.17. The van der Waals surface area contributed by atoms with E-state index in [9.17, 15) is 0 Å². The van der Waals surface area contributed by atoms with Crippen molar-refractivity contribution < 1.29 is 0 Å². The van der Waals surface area contributed by atoms with Crippen LogP contribution < -0.4 is 5.32 Å². The molecule has 0 saturated carbocycles. The highest BCUT2D eigenvalue weighted by Crippen LogP contribution is 2.17. The zero-order chi connectivity index (χ0) is 11.0. The fraction of sp³-hybridized carbons (Fsp3) is 0.308. The number of nitrogens with zero attached hydrogens (tertiary/aromatic N) is 2. The lowest BCUT2D eigenvalue weighted by Crippen LogP contribution is -2.01. The predicted octanol–water partition coefficient (Wildman–Crippen LogP) is 1.84. The van der Waals surface area contributed by atoms with Crippen LogP contribution in [0.15, 0.2) is 30.7 Å². The number of hydrogen-bond donors (Lipinski definition) is 1. The van der Waals surface area contributed by atoms with Crippen LogP contribution in [0, 0.1) is 6.92 Å². The lowest BCUT2D eigenvalue weighted by atomic mass is 10.1. The van der Waals surface area contributed by atoms with E-state index in [0.717, 1.165) is 19.6 Å². The van der Waals surface area contributed by atoms with Gasteiger partial charge in [0.05, 0.1) is 6.33 Å². The van der Waals surface area contributed by atoms with Crippen LogP contribution in [0.25, 0.3) is 0 Å². The molecule has 1 N–H and O–H groups in total. The average molecular weight is 213 g/mol. The Morgan fingerprint density at radius 3 is 3.00 bits per heavy atom. The van der Waals surface area contributed by atoms with Crippen LogP contribution in [0.5, 0.6) is 0 Å². The Balaban J connectivity index is 1.88. The van der Waals surface area contributed by atoms with Gasteiger partial charge in [-0.3, -0.25) is 0 Å². The van der Waals surface area contributed by atoms with Crippen LogP contribution in [-0.4, -0.2) is 9.55 Å². The highest BCUT2D eigenvalue weighted by atomic mass is 15.0. The van der Waals surface area contributed by atoms with Gasteiger partial charge < -0.3 is 9.88 Å². The third-order valence-corrected chi connectivity index (χ3v) is 3.17. The van der Waals surface area contributed by atoms with Crippen molar-refractivity contribution in [3.8, 4) is 0 Å². The van der Waals surface area contributed by atoms with E-state index in [1.807, 2.05) is 12.5 Å². The number of nitrogens with one attached hydrogen (secondary N) is 1. The molecular formula is C13H15N3. The van der Waals surface area contributed by atoms with Crippen LogP contribution in [0.4, 0.5) is 0 Å². The molecule has 0 saturated heterocycles. The van der Waals surface area contributed by atoms with Crippen LogP contribution in [0.1, 0.15) is 22.4 Å². The number of hydrogen-bond acceptors (Lipinski definition) is 2. The Bertz CT molecular complexity index is 514. The van der Waals surface area contributed by atoms with E-state index in [1.165, 1.54) is 22.4 Å². The molecule has 1 aromatic heterocycles. The van der Waals surface area contributed by atoms with Gasteiger partial charge in [0.15, 0.2) is 0 Å². The van der Waals surface area contributed by atoms with Gasteiger partial charge in [-0.25, -0.2) is 4.98 Å².